The van der Waals surface area contributed by atoms with Gasteiger partial charge in [-0.2, -0.15) is 0 Å². The number of nitrogens with zero attached hydrogens (tertiary/aromatic N) is 2. The van der Waals surface area contributed by atoms with Gasteiger partial charge in [0.25, 0.3) is 0 Å². The minimum Gasteiger partial charge on any atom is -0.316 e. The maximum absolute atomic E-state index is 6.05. The third-order valence-electron chi connectivity index (χ3n) is 5.36. The van der Waals surface area contributed by atoms with Crippen molar-refractivity contribution < 1.29 is 0 Å². The first kappa shape index (κ1) is 21.6. The highest BCUT2D eigenvalue weighted by Crippen LogP contribution is 2.27. The molecule has 31 heavy (non-hydrogen) atoms. The van der Waals surface area contributed by atoms with Crippen LogP contribution in [-0.4, -0.2) is 4.57 Å². The third kappa shape index (κ3) is 5.36. The van der Waals surface area contributed by atoms with E-state index in [1.165, 1.54) is 22.4 Å². The van der Waals surface area contributed by atoms with Crippen molar-refractivity contribution in [2.45, 2.75) is 39.2 Å². The second kappa shape index (κ2) is 9.25. The van der Waals surface area contributed by atoms with E-state index in [9.17, 15) is 0 Å². The number of rotatable bonds is 5. The molecule has 0 fully saturated rings. The molecule has 4 aromatic rings. The van der Waals surface area contributed by atoms with E-state index in [2.05, 4.69) is 85.3 Å². The molecule has 4 heteroatoms. The highest BCUT2D eigenvalue weighted by molar-refractivity contribution is 7.07. The van der Waals surface area contributed by atoms with Gasteiger partial charge in [0.1, 0.15) is 0 Å². The molecule has 0 atom stereocenters. The van der Waals surface area contributed by atoms with Gasteiger partial charge >= 0.3 is 0 Å². The van der Waals surface area contributed by atoms with Gasteiger partial charge in [0.15, 0.2) is 4.80 Å². The summed E-state index contributed by atoms with van der Waals surface area (Å²) in [5.41, 5.74) is 6.14. The predicted octanol–water partition coefficient (Wildman–Crippen LogP) is 7.64. The fourth-order valence-corrected chi connectivity index (χ4v) is 4.60. The summed E-state index contributed by atoms with van der Waals surface area (Å²) in [7, 11) is 0. The Kier molecular flexibility index (Phi) is 6.45. The van der Waals surface area contributed by atoms with Crippen LogP contribution in [0.1, 0.15) is 31.9 Å². The molecule has 2 nitrogen and oxygen atoms in total. The number of aromatic nitrogens is 1. The van der Waals surface area contributed by atoms with E-state index in [0.717, 1.165) is 28.5 Å². The van der Waals surface area contributed by atoms with Gasteiger partial charge in [-0.25, -0.2) is 4.99 Å². The number of thiazole rings is 1. The van der Waals surface area contributed by atoms with Gasteiger partial charge in [-0.3, -0.25) is 0 Å². The van der Waals surface area contributed by atoms with Gasteiger partial charge < -0.3 is 4.57 Å². The third-order valence-corrected chi connectivity index (χ3v) is 6.48. The van der Waals surface area contributed by atoms with Crippen LogP contribution in [0.5, 0.6) is 0 Å². The molecule has 4 rings (SSSR count). The van der Waals surface area contributed by atoms with Crippen molar-refractivity contribution in [2.24, 2.45) is 4.99 Å². The highest BCUT2D eigenvalue weighted by atomic mass is 35.5. The fraction of sp³-hybridized carbons (Fsp3) is 0.222. The van der Waals surface area contributed by atoms with Crippen LogP contribution in [0.15, 0.2) is 89.2 Å². The normalized spacial score (nSPS) is 12.3. The SMILES string of the molecule is CC(C)(C)c1ccc(-c2csc(=Nc3ccc(Cl)cc3)n2CCc2ccccc2)cc1. The zero-order chi connectivity index (χ0) is 21.8. The number of benzene rings is 3. The second-order valence-corrected chi connectivity index (χ2v) is 9.98. The molecule has 0 radical (unpaired) electrons. The quantitative estimate of drug-likeness (QED) is 0.299. The molecule has 0 aliphatic heterocycles. The molecule has 1 aromatic heterocycles. The Morgan fingerprint density at radius 1 is 0.871 bits per heavy atom. The predicted molar refractivity (Wildman–Crippen MR) is 133 cm³/mol. The van der Waals surface area contributed by atoms with Gasteiger partial charge in [-0.05, 0) is 52.8 Å². The summed E-state index contributed by atoms with van der Waals surface area (Å²) in [6.07, 6.45) is 0.957. The summed E-state index contributed by atoms with van der Waals surface area (Å²) in [5, 5.41) is 2.94. The van der Waals surface area contributed by atoms with Crippen LogP contribution in [0.4, 0.5) is 5.69 Å². The van der Waals surface area contributed by atoms with Crippen LogP contribution >= 0.6 is 22.9 Å². The molecule has 0 aliphatic rings. The first-order valence-electron chi connectivity index (χ1n) is 10.5. The van der Waals surface area contributed by atoms with Crippen molar-refractivity contribution >= 4 is 28.6 Å². The molecule has 0 unspecified atom stereocenters. The molecule has 0 saturated carbocycles. The van der Waals surface area contributed by atoms with Crippen molar-refractivity contribution in [3.8, 4) is 11.3 Å². The van der Waals surface area contributed by atoms with Gasteiger partial charge in [0, 0.05) is 16.9 Å². The first-order chi connectivity index (χ1) is 14.9. The van der Waals surface area contributed by atoms with Crippen molar-refractivity contribution in [3.05, 3.63) is 105 Å². The lowest BCUT2D eigenvalue weighted by molar-refractivity contribution is 0.590. The van der Waals surface area contributed by atoms with Crippen molar-refractivity contribution in [1.82, 2.24) is 4.57 Å². The minimum absolute atomic E-state index is 0.144. The van der Waals surface area contributed by atoms with Crippen molar-refractivity contribution in [2.75, 3.05) is 0 Å². The monoisotopic (exact) mass is 446 g/mol. The number of hydrogen-bond acceptors (Lipinski definition) is 2. The molecule has 158 valence electrons. The van der Waals surface area contributed by atoms with Gasteiger partial charge in [-0.1, -0.05) is 87.0 Å². The Balaban J connectivity index is 1.74. The molecule has 0 bridgehead atoms. The standard InChI is InChI=1S/C27H27ClN2S/c1-27(2,3)22-11-9-21(10-12-22)25-19-31-26(29-24-15-13-23(28)14-16-24)30(25)18-17-20-7-5-4-6-8-20/h4-16,19H,17-18H2,1-3H3. The van der Waals surface area contributed by atoms with E-state index >= 15 is 0 Å². The average Bonchev–Trinajstić information content (AvgIpc) is 3.16. The fourth-order valence-electron chi connectivity index (χ4n) is 3.52. The topological polar surface area (TPSA) is 17.3 Å². The number of hydrogen-bond donors (Lipinski definition) is 0. The Labute approximate surface area is 193 Å². The van der Waals surface area contributed by atoms with E-state index in [1.54, 1.807) is 11.3 Å². The largest absolute Gasteiger partial charge is 0.316 e. The molecule has 0 saturated heterocycles. The van der Waals surface area contributed by atoms with Gasteiger partial charge in [-0.15, -0.1) is 11.3 Å². The maximum Gasteiger partial charge on any atom is 0.190 e. The smallest absolute Gasteiger partial charge is 0.190 e. The van der Waals surface area contributed by atoms with E-state index in [4.69, 9.17) is 16.6 Å². The van der Waals surface area contributed by atoms with Crippen LogP contribution in [-0.2, 0) is 18.4 Å². The summed E-state index contributed by atoms with van der Waals surface area (Å²) < 4.78 is 2.33. The van der Waals surface area contributed by atoms with Crippen LogP contribution in [0, 0.1) is 0 Å². The van der Waals surface area contributed by atoms with Crippen LogP contribution < -0.4 is 4.80 Å². The molecule has 1 heterocycles. The lowest BCUT2D eigenvalue weighted by Gasteiger charge is -2.19. The van der Waals surface area contributed by atoms with Crippen molar-refractivity contribution in [1.29, 1.82) is 0 Å². The van der Waals surface area contributed by atoms with Gasteiger partial charge in [0.05, 0.1) is 11.4 Å². The first-order valence-corrected chi connectivity index (χ1v) is 11.8. The minimum atomic E-state index is 0.144. The van der Waals surface area contributed by atoms with E-state index in [1.807, 2.05) is 24.3 Å². The molecule has 0 amide bonds. The van der Waals surface area contributed by atoms with Crippen LogP contribution in [0.3, 0.4) is 0 Å². The summed E-state index contributed by atoms with van der Waals surface area (Å²) in [6, 6.07) is 27.2. The zero-order valence-electron chi connectivity index (χ0n) is 18.2. The molecule has 0 spiro atoms. The molecular formula is C27H27ClN2S. The van der Waals surface area contributed by atoms with Crippen LogP contribution in [0.25, 0.3) is 11.3 Å². The lowest BCUT2D eigenvalue weighted by Crippen LogP contribution is -2.17. The Hall–Kier alpha value is -2.62. The van der Waals surface area contributed by atoms with Crippen LogP contribution in [0.2, 0.25) is 5.02 Å². The zero-order valence-corrected chi connectivity index (χ0v) is 19.8. The van der Waals surface area contributed by atoms with E-state index in [0.29, 0.717) is 0 Å². The number of halogens is 1. The lowest BCUT2D eigenvalue weighted by atomic mass is 9.86. The molecule has 0 aliphatic carbocycles. The molecular weight excluding hydrogens is 420 g/mol. The Bertz CT molecular complexity index is 1200. The molecule has 3 aromatic carbocycles. The second-order valence-electron chi connectivity index (χ2n) is 8.71. The van der Waals surface area contributed by atoms with E-state index in [-0.39, 0.29) is 5.41 Å². The van der Waals surface area contributed by atoms with Crippen molar-refractivity contribution in [3.63, 3.8) is 0 Å². The Morgan fingerprint density at radius 3 is 2.19 bits per heavy atom. The summed E-state index contributed by atoms with van der Waals surface area (Å²) >= 11 is 7.73. The number of aryl methyl sites for hydroxylation is 1. The average molecular weight is 447 g/mol. The summed E-state index contributed by atoms with van der Waals surface area (Å²) in [5.74, 6) is 0. The molecule has 0 N–H and O–H groups in total. The summed E-state index contributed by atoms with van der Waals surface area (Å²) in [4.78, 5) is 5.91. The Morgan fingerprint density at radius 2 is 1.55 bits per heavy atom. The maximum atomic E-state index is 6.05. The van der Waals surface area contributed by atoms with Gasteiger partial charge in [0.2, 0.25) is 0 Å². The highest BCUT2D eigenvalue weighted by Gasteiger charge is 2.14. The van der Waals surface area contributed by atoms with E-state index < -0.39 is 0 Å². The summed E-state index contributed by atoms with van der Waals surface area (Å²) in [6.45, 7) is 7.61.